The summed E-state index contributed by atoms with van der Waals surface area (Å²) in [6.45, 7) is 1.57. The van der Waals surface area contributed by atoms with Gasteiger partial charge in [0.05, 0.1) is 18.6 Å². The largest absolute Gasteiger partial charge is 0.493 e. The minimum Gasteiger partial charge on any atom is -0.493 e. The number of nitrogens with zero attached hydrogens (tertiary/aromatic N) is 2. The monoisotopic (exact) mass is 290 g/mol. The van der Waals surface area contributed by atoms with Gasteiger partial charge in [-0.25, -0.2) is 4.98 Å². The first-order valence-electron chi connectivity index (χ1n) is 6.12. The lowest BCUT2D eigenvalue weighted by Crippen LogP contribution is -1.98. The number of nitro groups is 1. The number of aromatic nitrogens is 1. The van der Waals surface area contributed by atoms with Crippen molar-refractivity contribution in [1.82, 2.24) is 4.98 Å². The van der Waals surface area contributed by atoms with E-state index in [1.807, 2.05) is 0 Å². The molecule has 0 aliphatic carbocycles. The van der Waals surface area contributed by atoms with E-state index in [4.69, 9.17) is 14.6 Å². The minimum atomic E-state index is -0.552. The van der Waals surface area contributed by atoms with Gasteiger partial charge < -0.3 is 14.6 Å². The predicted octanol–water partition coefficient (Wildman–Crippen LogP) is 2.59. The first-order chi connectivity index (χ1) is 10.0. The van der Waals surface area contributed by atoms with E-state index < -0.39 is 4.92 Å². The molecule has 1 N–H and O–H groups in total. The van der Waals surface area contributed by atoms with Gasteiger partial charge in [-0.2, -0.15) is 0 Å². The molecule has 0 saturated heterocycles. The van der Waals surface area contributed by atoms with Gasteiger partial charge in [0.2, 0.25) is 0 Å². The van der Waals surface area contributed by atoms with Crippen molar-refractivity contribution in [2.75, 3.05) is 7.11 Å². The van der Waals surface area contributed by atoms with Gasteiger partial charge in [-0.3, -0.25) is 10.1 Å². The Bertz CT molecular complexity index is 672. The molecule has 2 rings (SSSR count). The van der Waals surface area contributed by atoms with E-state index in [9.17, 15) is 10.1 Å². The van der Waals surface area contributed by atoms with Gasteiger partial charge in [-0.1, -0.05) is 6.07 Å². The van der Waals surface area contributed by atoms with E-state index in [1.165, 1.54) is 19.4 Å². The number of pyridine rings is 1. The molecule has 0 radical (unpaired) electrons. The molecule has 0 atom stereocenters. The molecule has 0 aliphatic heterocycles. The summed E-state index contributed by atoms with van der Waals surface area (Å²) < 4.78 is 10.6. The highest BCUT2D eigenvalue weighted by molar-refractivity contribution is 5.49. The maximum absolute atomic E-state index is 11.0. The zero-order chi connectivity index (χ0) is 15.4. The molecule has 0 fully saturated rings. The van der Waals surface area contributed by atoms with Crippen molar-refractivity contribution in [3.63, 3.8) is 0 Å². The van der Waals surface area contributed by atoms with E-state index >= 15 is 0 Å². The summed E-state index contributed by atoms with van der Waals surface area (Å²) in [5.74, 6) is 0.535. The molecular formula is C14H14N2O5. The lowest BCUT2D eigenvalue weighted by molar-refractivity contribution is -0.386. The Balaban J connectivity index is 2.40. The fraction of sp³-hybridized carbons (Fsp3) is 0.214. The molecule has 110 valence electrons. The molecule has 1 aromatic carbocycles. The number of ether oxygens (including phenoxy) is 2. The van der Waals surface area contributed by atoms with Crippen molar-refractivity contribution in [3.05, 3.63) is 51.7 Å². The van der Waals surface area contributed by atoms with Crippen LogP contribution in [0.4, 0.5) is 5.69 Å². The van der Waals surface area contributed by atoms with Crippen LogP contribution in [-0.2, 0) is 6.61 Å². The maximum Gasteiger partial charge on any atom is 0.331 e. The van der Waals surface area contributed by atoms with Gasteiger partial charge in [0.25, 0.3) is 5.88 Å². The summed E-state index contributed by atoms with van der Waals surface area (Å²) in [5, 5.41) is 20.1. The van der Waals surface area contributed by atoms with Gasteiger partial charge in [0.15, 0.2) is 11.5 Å². The molecule has 0 amide bonds. The van der Waals surface area contributed by atoms with Gasteiger partial charge in [0.1, 0.15) is 0 Å². The number of hydrogen-bond donors (Lipinski definition) is 1. The third-order valence-corrected chi connectivity index (χ3v) is 2.78. The highest BCUT2D eigenvalue weighted by Gasteiger charge is 2.19. The van der Waals surface area contributed by atoms with Crippen LogP contribution in [-0.4, -0.2) is 22.1 Å². The lowest BCUT2D eigenvalue weighted by Gasteiger charge is -2.11. The van der Waals surface area contributed by atoms with Crippen LogP contribution < -0.4 is 9.47 Å². The van der Waals surface area contributed by atoms with Crippen molar-refractivity contribution in [2.24, 2.45) is 0 Å². The fourth-order valence-corrected chi connectivity index (χ4v) is 1.75. The van der Waals surface area contributed by atoms with Gasteiger partial charge >= 0.3 is 5.69 Å². The molecule has 1 heterocycles. The Morgan fingerprint density at radius 3 is 2.71 bits per heavy atom. The zero-order valence-corrected chi connectivity index (χ0v) is 11.6. The predicted molar refractivity (Wildman–Crippen MR) is 74.6 cm³/mol. The van der Waals surface area contributed by atoms with Crippen molar-refractivity contribution in [3.8, 4) is 17.4 Å². The summed E-state index contributed by atoms with van der Waals surface area (Å²) >= 11 is 0. The van der Waals surface area contributed by atoms with Gasteiger partial charge in [-0.05, 0) is 30.2 Å². The van der Waals surface area contributed by atoms with Crippen LogP contribution in [0.3, 0.4) is 0 Å². The topological polar surface area (TPSA) is 94.7 Å². The lowest BCUT2D eigenvalue weighted by atomic mass is 10.2. The van der Waals surface area contributed by atoms with Crippen LogP contribution in [0, 0.1) is 17.0 Å². The van der Waals surface area contributed by atoms with E-state index in [0.29, 0.717) is 16.9 Å². The smallest absolute Gasteiger partial charge is 0.331 e. The number of benzene rings is 1. The Kier molecular flexibility index (Phi) is 4.34. The third kappa shape index (κ3) is 3.26. The summed E-state index contributed by atoms with van der Waals surface area (Å²) in [6.07, 6.45) is 1.48. The van der Waals surface area contributed by atoms with Crippen LogP contribution >= 0.6 is 0 Å². The van der Waals surface area contributed by atoms with Crippen molar-refractivity contribution in [1.29, 1.82) is 0 Å². The first kappa shape index (κ1) is 14.7. The first-order valence-corrected chi connectivity index (χ1v) is 6.12. The molecule has 0 spiro atoms. The Hall–Kier alpha value is -2.67. The normalized spacial score (nSPS) is 10.2. The summed E-state index contributed by atoms with van der Waals surface area (Å²) in [5.41, 5.74) is 1.09. The van der Waals surface area contributed by atoms with Crippen molar-refractivity contribution < 1.29 is 19.5 Å². The van der Waals surface area contributed by atoms with Crippen LogP contribution in [0.2, 0.25) is 0 Å². The molecule has 21 heavy (non-hydrogen) atoms. The fourth-order valence-electron chi connectivity index (χ4n) is 1.75. The number of aryl methyl sites for hydroxylation is 1. The second-order valence-electron chi connectivity index (χ2n) is 4.34. The van der Waals surface area contributed by atoms with E-state index in [2.05, 4.69) is 4.98 Å². The van der Waals surface area contributed by atoms with Crippen LogP contribution in [0.5, 0.6) is 17.4 Å². The Morgan fingerprint density at radius 1 is 1.33 bits per heavy atom. The molecule has 7 nitrogen and oxygen atoms in total. The number of methoxy groups -OCH3 is 1. The second kappa shape index (κ2) is 6.19. The Labute approximate surface area is 120 Å². The summed E-state index contributed by atoms with van der Waals surface area (Å²) in [7, 11) is 1.44. The number of hydrogen-bond acceptors (Lipinski definition) is 6. The molecule has 0 unspecified atom stereocenters. The highest BCUT2D eigenvalue weighted by Crippen LogP contribution is 2.35. The number of aliphatic hydroxyl groups excluding tert-OH is 1. The molecule has 0 saturated carbocycles. The summed E-state index contributed by atoms with van der Waals surface area (Å²) in [4.78, 5) is 14.4. The standard InChI is InChI=1S/C14H14N2O5/c1-9-5-11(16(18)19)14(15-7-9)21-12-4-3-10(8-17)6-13(12)20-2/h3-7,17H,8H2,1-2H3. The number of rotatable bonds is 5. The molecular weight excluding hydrogens is 276 g/mol. The van der Waals surface area contributed by atoms with Crippen LogP contribution in [0.1, 0.15) is 11.1 Å². The van der Waals surface area contributed by atoms with E-state index in [1.54, 1.807) is 25.1 Å². The molecule has 1 aromatic heterocycles. The van der Waals surface area contributed by atoms with E-state index in [0.717, 1.165) is 0 Å². The molecule has 0 bridgehead atoms. The third-order valence-electron chi connectivity index (χ3n) is 2.78. The molecule has 0 aliphatic rings. The molecule has 2 aromatic rings. The van der Waals surface area contributed by atoms with Crippen LogP contribution in [0.25, 0.3) is 0 Å². The van der Waals surface area contributed by atoms with Gasteiger partial charge in [-0.15, -0.1) is 0 Å². The zero-order valence-electron chi connectivity index (χ0n) is 11.6. The Morgan fingerprint density at radius 2 is 2.10 bits per heavy atom. The average molecular weight is 290 g/mol. The second-order valence-corrected chi connectivity index (χ2v) is 4.34. The van der Waals surface area contributed by atoms with E-state index in [-0.39, 0.29) is 23.9 Å². The summed E-state index contributed by atoms with van der Waals surface area (Å²) in [6, 6.07) is 6.18. The average Bonchev–Trinajstić information content (AvgIpc) is 2.49. The number of aliphatic hydroxyl groups is 1. The minimum absolute atomic E-state index is 0.111. The molecule has 7 heteroatoms. The maximum atomic E-state index is 11.0. The van der Waals surface area contributed by atoms with Crippen LogP contribution in [0.15, 0.2) is 30.5 Å². The van der Waals surface area contributed by atoms with Crippen molar-refractivity contribution in [2.45, 2.75) is 13.5 Å². The highest BCUT2D eigenvalue weighted by atomic mass is 16.6. The van der Waals surface area contributed by atoms with Gasteiger partial charge in [0, 0.05) is 12.3 Å². The van der Waals surface area contributed by atoms with Crippen molar-refractivity contribution >= 4 is 5.69 Å². The SMILES string of the molecule is COc1cc(CO)ccc1Oc1ncc(C)cc1[N+](=O)[O-]. The quantitative estimate of drug-likeness (QED) is 0.671.